The number of rotatable bonds is 6. The van der Waals surface area contributed by atoms with Crippen molar-refractivity contribution in [3.05, 3.63) is 90.3 Å². The molecule has 0 saturated carbocycles. The average molecular weight is 518 g/mol. The van der Waals surface area contributed by atoms with Gasteiger partial charge in [0.2, 0.25) is 0 Å². The van der Waals surface area contributed by atoms with E-state index in [0.717, 1.165) is 36.7 Å². The predicted molar refractivity (Wildman–Crippen MR) is 101 cm³/mol. The van der Waals surface area contributed by atoms with Crippen molar-refractivity contribution in [1.29, 1.82) is 0 Å². The maximum absolute atomic E-state index is 10.7. The molecule has 6 nitrogen and oxygen atoms in total. The van der Waals surface area contributed by atoms with E-state index in [1.165, 1.54) is 0 Å². The number of pyridine rings is 3. The van der Waals surface area contributed by atoms with Gasteiger partial charge in [-0.25, -0.2) is 0 Å². The molecule has 0 aromatic carbocycles. The van der Waals surface area contributed by atoms with Gasteiger partial charge < -0.3 is 11.0 Å². The summed E-state index contributed by atoms with van der Waals surface area (Å²) < 4.78 is 59.2. The van der Waals surface area contributed by atoms with Crippen molar-refractivity contribution in [2.24, 2.45) is 0 Å². The number of aromatic nitrogens is 3. The van der Waals surface area contributed by atoms with E-state index in [2.05, 4.69) is 19.9 Å². The van der Waals surface area contributed by atoms with Crippen LogP contribution in [-0.4, -0.2) is 19.9 Å². The molecule has 0 fully saturated rings. The van der Waals surface area contributed by atoms with Crippen LogP contribution in [0.3, 0.4) is 0 Å². The molecule has 0 spiro atoms. The van der Waals surface area contributed by atoms with Gasteiger partial charge in [-0.15, -0.1) is 0 Å². The molecule has 3 aromatic rings. The van der Waals surface area contributed by atoms with Crippen LogP contribution in [0.1, 0.15) is 17.1 Å². The molecule has 0 aliphatic carbocycles. The summed E-state index contributed by atoms with van der Waals surface area (Å²) in [6.07, 6.45) is 5.49. The second-order valence-electron chi connectivity index (χ2n) is 6.07. The first-order valence-corrected chi connectivity index (χ1v) is 10.4. The largest absolute Gasteiger partial charge is 2.00 e. The molecule has 1 radical (unpaired) electrons. The van der Waals surface area contributed by atoms with Crippen molar-refractivity contribution in [2.45, 2.75) is 19.6 Å². The minimum atomic E-state index is -10.7. The molecule has 3 rings (SSSR count). The molecule has 0 saturated heterocycles. The Bertz CT molecular complexity index is 785. The van der Waals surface area contributed by atoms with E-state index in [0.29, 0.717) is 0 Å². The van der Waals surface area contributed by atoms with E-state index in [-0.39, 0.29) is 29.5 Å². The Balaban J connectivity index is 0. The van der Waals surface area contributed by atoms with Crippen LogP contribution in [0.15, 0.2) is 73.2 Å². The molecule has 0 N–H and O–H groups in total. The Hall–Kier alpha value is -2.08. The zero-order valence-corrected chi connectivity index (χ0v) is 18.6. The maximum Gasteiger partial charge on any atom is 0.0544 e. The van der Waals surface area contributed by atoms with Crippen molar-refractivity contribution >= 4 is 7.81 Å². The van der Waals surface area contributed by atoms with E-state index >= 15 is 0 Å². The van der Waals surface area contributed by atoms with E-state index in [1.54, 1.807) is 0 Å². The van der Waals surface area contributed by atoms with Crippen molar-refractivity contribution < 1.29 is 54.7 Å². The first-order valence-electron chi connectivity index (χ1n) is 8.33. The molecule has 3 aromatic heterocycles. The third-order valence-corrected chi connectivity index (χ3v) is 3.34. The third-order valence-electron chi connectivity index (χ3n) is 3.34. The second-order valence-corrected chi connectivity index (χ2v) is 7.98. The van der Waals surface area contributed by atoms with Gasteiger partial charge in [-0.2, -0.15) is 0 Å². The van der Waals surface area contributed by atoms with Crippen LogP contribution in [0.2, 0.25) is 0 Å². The number of hydrogen-bond acceptors (Lipinski definition) is 4. The van der Waals surface area contributed by atoms with E-state index in [9.17, 15) is 25.2 Å². The first-order chi connectivity index (χ1) is 13.3. The van der Waals surface area contributed by atoms with Crippen LogP contribution in [0.4, 0.5) is 25.2 Å². The average Bonchev–Trinajstić information content (AvgIpc) is 2.62. The van der Waals surface area contributed by atoms with E-state index in [4.69, 9.17) is 0 Å². The fraction of sp³-hybridized carbons (Fsp3) is 0.167. The Morgan fingerprint density at radius 1 is 0.562 bits per heavy atom. The topological polar surface area (TPSA) is 98.9 Å². The van der Waals surface area contributed by atoms with Crippen molar-refractivity contribution in [1.82, 2.24) is 19.9 Å². The van der Waals surface area contributed by atoms with Crippen LogP contribution in [0.25, 0.3) is 0 Å². The minimum absolute atomic E-state index is 0. The summed E-state index contributed by atoms with van der Waals surface area (Å²) in [6, 6.07) is 18.0. The molecule has 0 aliphatic rings. The van der Waals surface area contributed by atoms with Gasteiger partial charge in [-0.3, -0.25) is 19.9 Å². The standard InChI is InChI=1S/C18H18N4.F6P.2O.V/c1-4-10-19-16(7-1)13-22(14-17-8-2-5-11-20-17)15-18-9-3-6-12-21-18;1-7(2,3,4,5)6;;;/h1-12H,13-15H2;;;;/q;-1;2*-2;. The summed E-state index contributed by atoms with van der Waals surface area (Å²) in [5.41, 5.74) is 3.15. The van der Waals surface area contributed by atoms with Gasteiger partial charge in [-0.1, -0.05) is 18.2 Å². The number of hydrogen-bond donors (Lipinski definition) is 0. The summed E-state index contributed by atoms with van der Waals surface area (Å²) in [6.45, 7) is 2.32. The molecule has 0 unspecified atom stereocenters. The minimum Gasteiger partial charge on any atom is -2.00 e. The first kappa shape index (κ1) is 32.1. The quantitative estimate of drug-likeness (QED) is 0.286. The summed E-state index contributed by atoms with van der Waals surface area (Å²) in [5, 5.41) is 0. The van der Waals surface area contributed by atoms with Crippen molar-refractivity contribution in [3.63, 3.8) is 0 Å². The molecular weight excluding hydrogens is 500 g/mol. The van der Waals surface area contributed by atoms with Crippen LogP contribution in [0, 0.1) is 0 Å². The molecule has 14 heteroatoms. The van der Waals surface area contributed by atoms with Gasteiger partial charge in [0.15, 0.2) is 0 Å². The van der Waals surface area contributed by atoms with Gasteiger partial charge in [-0.05, 0) is 36.4 Å². The Kier molecular flexibility index (Phi) is 12.3. The molecule has 0 amide bonds. The molecule has 0 bridgehead atoms. The van der Waals surface area contributed by atoms with Crippen LogP contribution in [0.5, 0.6) is 0 Å². The summed E-state index contributed by atoms with van der Waals surface area (Å²) in [5.74, 6) is 0. The van der Waals surface area contributed by atoms with Gasteiger partial charge in [0.05, 0.1) is 17.1 Å². The van der Waals surface area contributed by atoms with Crippen molar-refractivity contribution in [2.75, 3.05) is 0 Å². The van der Waals surface area contributed by atoms with Gasteiger partial charge in [0.25, 0.3) is 0 Å². The molecule has 179 valence electrons. The normalized spacial score (nSPS) is 12.5. The molecular formula is C18H18F6N4O2PV-5. The van der Waals surface area contributed by atoms with Crippen LogP contribution < -0.4 is 0 Å². The SMILES string of the molecule is F[P-](F)(F)(F)(F)F.[O-2].[O-2].[V].c1ccc(CN(Cc2ccccn2)Cc2ccccn2)nc1. The van der Waals surface area contributed by atoms with Gasteiger partial charge in [0, 0.05) is 56.8 Å². The van der Waals surface area contributed by atoms with E-state index < -0.39 is 7.81 Å². The molecule has 0 aliphatic heterocycles. The smallest absolute Gasteiger partial charge is 0.0544 e. The summed E-state index contributed by atoms with van der Waals surface area (Å²) >= 11 is 0. The summed E-state index contributed by atoms with van der Waals surface area (Å²) in [7, 11) is -10.7. The Labute approximate surface area is 192 Å². The molecule has 0 atom stereocenters. The monoisotopic (exact) mass is 518 g/mol. The zero-order valence-electron chi connectivity index (χ0n) is 16.3. The number of nitrogens with zero attached hydrogens (tertiary/aromatic N) is 4. The van der Waals surface area contributed by atoms with Crippen molar-refractivity contribution in [3.8, 4) is 0 Å². The fourth-order valence-electron chi connectivity index (χ4n) is 2.33. The summed E-state index contributed by atoms with van der Waals surface area (Å²) in [4.78, 5) is 15.6. The second kappa shape index (κ2) is 12.2. The Morgan fingerprint density at radius 3 is 1.00 bits per heavy atom. The van der Waals surface area contributed by atoms with Gasteiger partial charge in [0.1, 0.15) is 0 Å². The molecule has 3 heterocycles. The van der Waals surface area contributed by atoms with Crippen LogP contribution in [-0.2, 0) is 49.1 Å². The zero-order chi connectivity index (χ0) is 21.4. The fourth-order valence-corrected chi connectivity index (χ4v) is 2.33. The van der Waals surface area contributed by atoms with E-state index in [1.807, 2.05) is 73.2 Å². The maximum atomic E-state index is 9.87. The molecule has 32 heavy (non-hydrogen) atoms. The predicted octanol–water partition coefficient (Wildman–Crippen LogP) is 6.22. The van der Waals surface area contributed by atoms with Gasteiger partial charge >= 0.3 is 33.0 Å². The Morgan fingerprint density at radius 2 is 0.812 bits per heavy atom. The number of halogens is 6. The van der Waals surface area contributed by atoms with Crippen LogP contribution >= 0.6 is 7.81 Å². The third kappa shape index (κ3) is 17.6.